The van der Waals surface area contributed by atoms with E-state index in [-0.39, 0.29) is 17.9 Å². The van der Waals surface area contributed by atoms with Crippen LogP contribution in [0.25, 0.3) is 11.0 Å². The number of nitrogens with two attached hydrogens (primary N) is 2. The molecule has 0 saturated carbocycles. The number of nitrogens with one attached hydrogen (secondary N) is 1. The van der Waals surface area contributed by atoms with Gasteiger partial charge in [-0.2, -0.15) is 0 Å². The lowest BCUT2D eigenvalue weighted by Gasteiger charge is -2.26. The van der Waals surface area contributed by atoms with Crippen LogP contribution in [0.2, 0.25) is 0 Å². The standard InChI is InChI=1S/C23H29N7O2/c1-29-20-10-8-16(11-19(20)27-28-29)13-26-22(31)21-12-17(24)14-30(21)23(32)18(25)9-7-15-5-3-2-4-6-15/h2-6,8,10-11,17-18,21H,7,9,12-14,24-25H2,1H3,(H,26,31). The number of rotatable bonds is 7. The zero-order valence-corrected chi connectivity index (χ0v) is 18.1. The van der Waals surface area contributed by atoms with E-state index < -0.39 is 12.1 Å². The van der Waals surface area contributed by atoms with Crippen molar-refractivity contribution in [1.29, 1.82) is 0 Å². The number of benzene rings is 2. The van der Waals surface area contributed by atoms with Gasteiger partial charge in [0.15, 0.2) is 0 Å². The van der Waals surface area contributed by atoms with Gasteiger partial charge in [-0.3, -0.25) is 9.59 Å². The number of carbonyl (C=O) groups excluding carboxylic acids is 2. The summed E-state index contributed by atoms with van der Waals surface area (Å²) in [5.74, 6) is -0.448. The summed E-state index contributed by atoms with van der Waals surface area (Å²) in [6.07, 6.45) is 1.64. The Kier molecular flexibility index (Phi) is 6.48. The maximum Gasteiger partial charge on any atom is 0.243 e. The summed E-state index contributed by atoms with van der Waals surface area (Å²) in [6.45, 7) is 0.667. The Morgan fingerprint density at radius 1 is 1.19 bits per heavy atom. The second-order valence-corrected chi connectivity index (χ2v) is 8.39. The minimum Gasteiger partial charge on any atom is -0.350 e. The fourth-order valence-electron chi connectivity index (χ4n) is 4.17. The number of amides is 2. The molecule has 2 aromatic carbocycles. The van der Waals surface area contributed by atoms with Crippen LogP contribution in [0.5, 0.6) is 0 Å². The first-order valence-electron chi connectivity index (χ1n) is 10.8. The molecule has 3 aromatic rings. The van der Waals surface area contributed by atoms with Crippen LogP contribution in [-0.4, -0.2) is 56.4 Å². The van der Waals surface area contributed by atoms with Gasteiger partial charge in [-0.1, -0.05) is 41.6 Å². The second-order valence-electron chi connectivity index (χ2n) is 8.39. The lowest BCUT2D eigenvalue weighted by molar-refractivity contribution is -0.139. The number of carbonyl (C=O) groups is 2. The molecule has 1 aliphatic heterocycles. The van der Waals surface area contributed by atoms with E-state index in [4.69, 9.17) is 11.5 Å². The number of likely N-dealkylation sites (tertiary alicyclic amines) is 1. The van der Waals surface area contributed by atoms with Crippen LogP contribution in [-0.2, 0) is 29.6 Å². The molecule has 0 spiro atoms. The molecule has 32 heavy (non-hydrogen) atoms. The average molecular weight is 436 g/mol. The molecule has 1 saturated heterocycles. The largest absolute Gasteiger partial charge is 0.350 e. The van der Waals surface area contributed by atoms with Crippen molar-refractivity contribution in [2.75, 3.05) is 6.54 Å². The van der Waals surface area contributed by atoms with Crippen LogP contribution in [0.4, 0.5) is 0 Å². The zero-order chi connectivity index (χ0) is 22.7. The first-order chi connectivity index (χ1) is 15.4. The van der Waals surface area contributed by atoms with Gasteiger partial charge in [0.05, 0.1) is 11.6 Å². The molecule has 3 unspecified atom stereocenters. The highest BCUT2D eigenvalue weighted by atomic mass is 16.2. The quantitative estimate of drug-likeness (QED) is 0.494. The monoisotopic (exact) mass is 435 g/mol. The molecule has 1 aromatic heterocycles. The Bertz CT molecular complexity index is 1100. The summed E-state index contributed by atoms with van der Waals surface area (Å²) in [5, 5.41) is 11.0. The molecule has 9 heteroatoms. The van der Waals surface area contributed by atoms with Crippen molar-refractivity contribution in [3.8, 4) is 0 Å². The fourth-order valence-corrected chi connectivity index (χ4v) is 4.17. The third-order valence-corrected chi connectivity index (χ3v) is 5.97. The van der Waals surface area contributed by atoms with Gasteiger partial charge in [0.25, 0.3) is 0 Å². The third kappa shape index (κ3) is 4.79. The molecule has 3 atom stereocenters. The second kappa shape index (κ2) is 9.46. The van der Waals surface area contributed by atoms with Crippen LogP contribution in [0.3, 0.4) is 0 Å². The number of hydrogen-bond donors (Lipinski definition) is 3. The number of fused-ring (bicyclic) bond motifs is 1. The summed E-state index contributed by atoms with van der Waals surface area (Å²) in [5.41, 5.74) is 16.0. The van der Waals surface area contributed by atoms with E-state index >= 15 is 0 Å². The highest BCUT2D eigenvalue weighted by molar-refractivity contribution is 5.90. The van der Waals surface area contributed by atoms with Crippen LogP contribution < -0.4 is 16.8 Å². The summed E-state index contributed by atoms with van der Waals surface area (Å²) in [7, 11) is 1.83. The number of hydrogen-bond acceptors (Lipinski definition) is 6. The molecule has 0 aliphatic carbocycles. The van der Waals surface area contributed by atoms with E-state index in [0.717, 1.165) is 22.2 Å². The van der Waals surface area contributed by atoms with E-state index in [1.54, 1.807) is 9.58 Å². The topological polar surface area (TPSA) is 132 Å². The van der Waals surface area contributed by atoms with Gasteiger partial charge in [-0.05, 0) is 42.5 Å². The Labute approximate surface area is 186 Å². The van der Waals surface area contributed by atoms with E-state index in [1.165, 1.54) is 0 Å². The predicted octanol–water partition coefficient (Wildman–Crippen LogP) is 0.473. The molecular weight excluding hydrogens is 406 g/mol. The molecule has 1 fully saturated rings. The number of aryl methyl sites for hydroxylation is 2. The molecule has 168 valence electrons. The normalized spacial score (nSPS) is 19.3. The van der Waals surface area contributed by atoms with Crippen LogP contribution in [0.1, 0.15) is 24.0 Å². The smallest absolute Gasteiger partial charge is 0.243 e. The van der Waals surface area contributed by atoms with Gasteiger partial charge in [0, 0.05) is 26.2 Å². The van der Waals surface area contributed by atoms with Crippen molar-refractivity contribution in [2.24, 2.45) is 18.5 Å². The summed E-state index contributed by atoms with van der Waals surface area (Å²) in [4.78, 5) is 27.5. The summed E-state index contributed by atoms with van der Waals surface area (Å²) >= 11 is 0. The average Bonchev–Trinajstić information content (AvgIpc) is 3.38. The van der Waals surface area contributed by atoms with E-state index in [0.29, 0.717) is 32.4 Å². The third-order valence-electron chi connectivity index (χ3n) is 5.97. The first-order valence-corrected chi connectivity index (χ1v) is 10.8. The van der Waals surface area contributed by atoms with Gasteiger partial charge in [-0.15, -0.1) is 5.10 Å². The van der Waals surface area contributed by atoms with Gasteiger partial charge in [-0.25, -0.2) is 4.68 Å². The van der Waals surface area contributed by atoms with Gasteiger partial charge < -0.3 is 21.7 Å². The predicted molar refractivity (Wildman–Crippen MR) is 121 cm³/mol. The summed E-state index contributed by atoms with van der Waals surface area (Å²) < 4.78 is 1.70. The van der Waals surface area contributed by atoms with Crippen molar-refractivity contribution in [3.05, 3.63) is 59.7 Å². The minimum atomic E-state index is -0.671. The Morgan fingerprint density at radius 3 is 2.75 bits per heavy atom. The maximum absolute atomic E-state index is 13.0. The highest BCUT2D eigenvalue weighted by Gasteiger charge is 2.39. The Hall–Kier alpha value is -3.30. The summed E-state index contributed by atoms with van der Waals surface area (Å²) in [6, 6.07) is 14.1. The zero-order valence-electron chi connectivity index (χ0n) is 18.1. The lowest BCUT2D eigenvalue weighted by Crippen LogP contribution is -2.51. The number of aromatic nitrogens is 3. The molecule has 4 rings (SSSR count). The van der Waals surface area contributed by atoms with Gasteiger partial charge >= 0.3 is 0 Å². The van der Waals surface area contributed by atoms with Crippen molar-refractivity contribution in [3.63, 3.8) is 0 Å². The SMILES string of the molecule is Cn1nnc2cc(CNC(=O)C3CC(N)CN3C(=O)C(N)CCc3ccccc3)ccc21. The Balaban J connectivity index is 1.36. The Morgan fingerprint density at radius 2 is 1.97 bits per heavy atom. The van der Waals surface area contributed by atoms with Crippen molar-refractivity contribution < 1.29 is 9.59 Å². The van der Waals surface area contributed by atoms with Crippen molar-refractivity contribution in [1.82, 2.24) is 25.2 Å². The molecule has 0 bridgehead atoms. The first kappa shape index (κ1) is 21.9. The fraction of sp³-hybridized carbons (Fsp3) is 0.391. The van der Waals surface area contributed by atoms with Gasteiger partial charge in [0.2, 0.25) is 11.8 Å². The lowest BCUT2D eigenvalue weighted by atomic mass is 10.0. The maximum atomic E-state index is 13.0. The van der Waals surface area contributed by atoms with Crippen LogP contribution in [0, 0.1) is 0 Å². The van der Waals surface area contributed by atoms with E-state index in [9.17, 15) is 9.59 Å². The molecule has 9 nitrogen and oxygen atoms in total. The molecule has 2 amide bonds. The minimum absolute atomic E-state index is 0.221. The highest BCUT2D eigenvalue weighted by Crippen LogP contribution is 2.19. The molecule has 0 radical (unpaired) electrons. The van der Waals surface area contributed by atoms with E-state index in [1.807, 2.05) is 55.6 Å². The van der Waals surface area contributed by atoms with Gasteiger partial charge in [0.1, 0.15) is 11.6 Å². The van der Waals surface area contributed by atoms with Crippen molar-refractivity contribution in [2.45, 2.75) is 43.9 Å². The van der Waals surface area contributed by atoms with E-state index in [2.05, 4.69) is 15.6 Å². The molecule has 2 heterocycles. The van der Waals surface area contributed by atoms with Crippen molar-refractivity contribution >= 4 is 22.8 Å². The molecule has 5 N–H and O–H groups in total. The van der Waals surface area contributed by atoms with Crippen LogP contribution in [0.15, 0.2) is 48.5 Å². The van der Waals surface area contributed by atoms with Crippen LogP contribution >= 0.6 is 0 Å². The molecular formula is C23H29N7O2. The number of nitrogens with zero attached hydrogens (tertiary/aromatic N) is 4. The molecule has 1 aliphatic rings.